The third-order valence-electron chi connectivity index (χ3n) is 7.39. The summed E-state index contributed by atoms with van der Waals surface area (Å²) in [5.74, 6) is 1.65. The third kappa shape index (κ3) is 9.36. The van der Waals surface area contributed by atoms with Gasteiger partial charge in [0.15, 0.2) is 14.2 Å². The summed E-state index contributed by atoms with van der Waals surface area (Å²) in [7, 11) is -3.21. The Balaban J connectivity index is 2.62. The first-order valence-electron chi connectivity index (χ1n) is 13.7. The fourth-order valence-corrected chi connectivity index (χ4v) is 6.76. The minimum absolute atomic E-state index is 0.163. The molecule has 0 heterocycles. The lowest BCUT2D eigenvalue weighted by Crippen LogP contribution is -2.52. The van der Waals surface area contributed by atoms with Gasteiger partial charge in [0.1, 0.15) is 22.9 Å². The number of rotatable bonds is 13. The molecule has 0 aliphatic heterocycles. The topological polar surface area (TPSA) is 89.8 Å². The average molecular weight is 602 g/mol. The van der Waals surface area contributed by atoms with Crippen molar-refractivity contribution in [2.75, 3.05) is 14.2 Å². The monoisotopic (exact) mass is 601 g/mol. The van der Waals surface area contributed by atoms with Crippen LogP contribution in [0.1, 0.15) is 52.7 Å². The van der Waals surface area contributed by atoms with E-state index in [-0.39, 0.29) is 24.0 Å². The van der Waals surface area contributed by atoms with Gasteiger partial charge in [0.05, 0.1) is 14.2 Å². The van der Waals surface area contributed by atoms with Crippen molar-refractivity contribution >= 4 is 30.9 Å². The van der Waals surface area contributed by atoms with Gasteiger partial charge in [-0.05, 0) is 81.0 Å². The summed E-state index contributed by atoms with van der Waals surface area (Å²) in [4.78, 5) is 8.69. The van der Waals surface area contributed by atoms with E-state index in [0.29, 0.717) is 11.5 Å². The number of sulfonamides is 1. The molecule has 0 aliphatic rings. The summed E-state index contributed by atoms with van der Waals surface area (Å²) < 4.78 is 47.8. The fraction of sp³-hybridized carbons (Fsp3) is 0.484. The molecular weight excluding hydrogens is 555 g/mol. The largest absolute Gasteiger partial charge is 0.497 e. The number of methoxy groups -OCH3 is 2. The molecule has 0 bridgehead atoms. The van der Waals surface area contributed by atoms with E-state index in [9.17, 15) is 8.42 Å². The van der Waals surface area contributed by atoms with Crippen LogP contribution in [-0.4, -0.2) is 59.2 Å². The predicted molar refractivity (Wildman–Crippen MR) is 172 cm³/mol. The summed E-state index contributed by atoms with van der Waals surface area (Å²) in [6.07, 6.45) is 0.751. The Morgan fingerprint density at radius 3 is 1.73 bits per heavy atom. The molecule has 0 N–H and O–H groups in total. The van der Waals surface area contributed by atoms with Crippen LogP contribution < -0.4 is 9.47 Å². The molecule has 2 aromatic rings. The molecule has 2 atom stereocenters. The lowest BCUT2D eigenvalue weighted by Gasteiger charge is -2.41. The van der Waals surface area contributed by atoms with Crippen molar-refractivity contribution < 1.29 is 22.3 Å². The zero-order chi connectivity index (χ0) is 31.0. The molecule has 0 saturated carbocycles. The summed E-state index contributed by atoms with van der Waals surface area (Å²) in [6.45, 7) is 20.1. The average Bonchev–Trinajstić information content (AvgIpc) is 2.91. The summed E-state index contributed by atoms with van der Waals surface area (Å²) in [6, 6.07) is 14.8. The standard InChI is InChI=1S/C31H47N3O5SSi/c1-23(2)20-33-30(32-7)29(39-41(10,11)31(4,5)6)24(3)40(35,36)34(21-25-12-16-27(37-8)17-13-25)22-26-14-18-28(38-9)19-15-26/h12-20,24,29H,7,21-22H2,1-6,8-11H3/t24-,29+/m1/s1. The van der Waals surface area contributed by atoms with Gasteiger partial charge in [0.25, 0.3) is 0 Å². The number of aliphatic imine (C=N–C) groups is 2. The van der Waals surface area contributed by atoms with Crippen molar-refractivity contribution in [1.82, 2.24) is 4.31 Å². The number of nitrogens with zero attached hydrogens (tertiary/aromatic N) is 3. The zero-order valence-corrected chi connectivity index (χ0v) is 28.1. The van der Waals surface area contributed by atoms with E-state index in [1.807, 2.05) is 62.4 Å². The van der Waals surface area contributed by atoms with Crippen LogP contribution in [0.2, 0.25) is 18.1 Å². The summed E-state index contributed by atoms with van der Waals surface area (Å²) >= 11 is 0. The molecule has 41 heavy (non-hydrogen) atoms. The molecule has 0 aliphatic carbocycles. The lowest BCUT2D eigenvalue weighted by molar-refractivity contribution is 0.232. The number of hydrogen-bond acceptors (Lipinski definition) is 6. The maximum Gasteiger partial charge on any atom is 0.220 e. The predicted octanol–water partition coefficient (Wildman–Crippen LogP) is 6.84. The highest BCUT2D eigenvalue weighted by molar-refractivity contribution is 7.89. The van der Waals surface area contributed by atoms with Gasteiger partial charge >= 0.3 is 0 Å². The number of hydrogen-bond donors (Lipinski definition) is 0. The second kappa shape index (κ2) is 14.4. The Labute approximate surface area is 248 Å². The normalized spacial score (nSPS) is 14.4. The van der Waals surface area contributed by atoms with Gasteiger partial charge in [-0.3, -0.25) is 0 Å². The Kier molecular flexibility index (Phi) is 12.1. The molecule has 0 amide bonds. The van der Waals surface area contributed by atoms with Gasteiger partial charge in [-0.25, -0.2) is 18.4 Å². The molecular formula is C31H47N3O5SSi. The maximum atomic E-state index is 14.5. The van der Waals surface area contributed by atoms with E-state index in [0.717, 1.165) is 16.7 Å². The Bertz CT molecular complexity index is 1260. The molecule has 2 rings (SSSR count). The number of amidine groups is 1. The highest BCUT2D eigenvalue weighted by atomic mass is 32.2. The minimum atomic E-state index is -3.96. The maximum absolute atomic E-state index is 14.5. The van der Waals surface area contributed by atoms with Crippen molar-refractivity contribution in [3.63, 3.8) is 0 Å². The van der Waals surface area contributed by atoms with Crippen molar-refractivity contribution in [3.8, 4) is 11.5 Å². The van der Waals surface area contributed by atoms with Crippen LogP contribution in [0.5, 0.6) is 11.5 Å². The number of ether oxygens (including phenoxy) is 2. The fourth-order valence-electron chi connectivity index (χ4n) is 3.75. The van der Waals surface area contributed by atoms with E-state index < -0.39 is 29.7 Å². The van der Waals surface area contributed by atoms with Crippen LogP contribution in [0.3, 0.4) is 0 Å². The Morgan fingerprint density at radius 1 is 0.951 bits per heavy atom. The van der Waals surface area contributed by atoms with Crippen molar-refractivity contribution in [2.24, 2.45) is 9.98 Å². The zero-order valence-electron chi connectivity index (χ0n) is 26.3. The van der Waals surface area contributed by atoms with Crippen LogP contribution in [0.4, 0.5) is 0 Å². The number of benzene rings is 2. The second-order valence-electron chi connectivity index (χ2n) is 11.9. The van der Waals surface area contributed by atoms with E-state index >= 15 is 0 Å². The Morgan fingerprint density at radius 2 is 1.39 bits per heavy atom. The molecule has 0 fully saturated rings. The highest BCUT2D eigenvalue weighted by Gasteiger charge is 2.45. The van der Waals surface area contributed by atoms with Crippen molar-refractivity contribution in [2.45, 2.75) is 84.1 Å². The van der Waals surface area contributed by atoms with Crippen LogP contribution in [0.25, 0.3) is 0 Å². The first kappa shape index (κ1) is 34.4. The van der Waals surface area contributed by atoms with E-state index in [2.05, 4.69) is 50.6 Å². The lowest BCUT2D eigenvalue weighted by atomic mass is 10.2. The van der Waals surface area contributed by atoms with Crippen LogP contribution in [0.15, 0.2) is 70.3 Å². The third-order valence-corrected chi connectivity index (χ3v) is 14.0. The molecule has 8 nitrogen and oxygen atoms in total. The van der Waals surface area contributed by atoms with Gasteiger partial charge in [-0.15, -0.1) is 0 Å². The van der Waals surface area contributed by atoms with Crippen molar-refractivity contribution in [1.29, 1.82) is 0 Å². The molecule has 10 heteroatoms. The smallest absolute Gasteiger partial charge is 0.220 e. The van der Waals surface area contributed by atoms with E-state index in [1.54, 1.807) is 27.3 Å². The van der Waals surface area contributed by atoms with Crippen LogP contribution in [-0.2, 0) is 27.5 Å². The van der Waals surface area contributed by atoms with Gasteiger partial charge < -0.3 is 13.9 Å². The van der Waals surface area contributed by atoms with Gasteiger partial charge in [-0.1, -0.05) is 50.6 Å². The molecule has 0 aromatic heterocycles. The van der Waals surface area contributed by atoms with Gasteiger partial charge in [0, 0.05) is 19.3 Å². The van der Waals surface area contributed by atoms with Gasteiger partial charge in [0.2, 0.25) is 10.0 Å². The highest BCUT2D eigenvalue weighted by Crippen LogP contribution is 2.38. The molecule has 0 spiro atoms. The first-order chi connectivity index (χ1) is 19.0. The van der Waals surface area contributed by atoms with Crippen molar-refractivity contribution in [3.05, 3.63) is 71.4 Å². The molecule has 2 aromatic carbocycles. The molecule has 0 unspecified atom stereocenters. The number of allylic oxidation sites excluding steroid dienone is 1. The molecule has 0 saturated heterocycles. The van der Waals surface area contributed by atoms with Crippen LogP contribution in [0, 0.1) is 0 Å². The quantitative estimate of drug-likeness (QED) is 0.143. The van der Waals surface area contributed by atoms with Gasteiger partial charge in [-0.2, -0.15) is 4.31 Å². The SMILES string of the molecule is C=NC(=NC=C(C)C)[C@@H](O[Si](C)(C)C(C)(C)C)[C@@H](C)S(=O)(=O)N(Cc1ccc(OC)cc1)Cc1ccc(OC)cc1. The minimum Gasteiger partial charge on any atom is -0.497 e. The first-order valence-corrected chi connectivity index (χ1v) is 18.1. The summed E-state index contributed by atoms with van der Waals surface area (Å²) in [5, 5.41) is -1.16. The summed E-state index contributed by atoms with van der Waals surface area (Å²) in [5.41, 5.74) is 2.61. The molecule has 0 radical (unpaired) electrons. The Hall–Kier alpha value is -2.79. The second-order valence-corrected chi connectivity index (χ2v) is 18.9. The van der Waals surface area contributed by atoms with E-state index in [4.69, 9.17) is 13.9 Å². The van der Waals surface area contributed by atoms with E-state index in [1.165, 1.54) is 4.31 Å². The molecule has 226 valence electrons. The van der Waals surface area contributed by atoms with Crippen LogP contribution >= 0.6 is 0 Å².